The average Bonchev–Trinajstić information content (AvgIpc) is 2.81. The molecule has 0 fully saturated rings. The second-order valence-electron chi connectivity index (χ2n) is 3.51. The van der Waals surface area contributed by atoms with Gasteiger partial charge in [-0.15, -0.1) is 11.3 Å². The third kappa shape index (κ3) is 3.06. The molecule has 1 atom stereocenters. The molecular formula is C12H11BrFNOS. The van der Waals surface area contributed by atoms with E-state index in [4.69, 9.17) is 0 Å². The number of hydrogen-bond acceptors (Lipinski definition) is 3. The fraction of sp³-hybridized carbons (Fsp3) is 0.167. The first-order valence-corrected chi connectivity index (χ1v) is 6.75. The van der Waals surface area contributed by atoms with E-state index in [2.05, 4.69) is 21.2 Å². The summed E-state index contributed by atoms with van der Waals surface area (Å²) in [6, 6.07) is 8.49. The first-order chi connectivity index (χ1) is 8.18. The Morgan fingerprint density at radius 3 is 2.82 bits per heavy atom. The number of thiophene rings is 1. The first kappa shape index (κ1) is 12.5. The van der Waals surface area contributed by atoms with Gasteiger partial charge in [-0.05, 0) is 39.5 Å². The van der Waals surface area contributed by atoms with Crippen LogP contribution in [0.4, 0.5) is 10.1 Å². The van der Waals surface area contributed by atoms with Crippen molar-refractivity contribution in [2.75, 3.05) is 11.9 Å². The Hall–Kier alpha value is -0.910. The number of benzene rings is 1. The fourth-order valence-electron chi connectivity index (χ4n) is 1.45. The van der Waals surface area contributed by atoms with Crippen LogP contribution in [0.1, 0.15) is 11.0 Å². The van der Waals surface area contributed by atoms with Gasteiger partial charge in [0, 0.05) is 15.9 Å². The van der Waals surface area contributed by atoms with Gasteiger partial charge < -0.3 is 10.4 Å². The van der Waals surface area contributed by atoms with E-state index in [1.165, 1.54) is 17.4 Å². The molecule has 0 aliphatic heterocycles. The van der Waals surface area contributed by atoms with Crippen LogP contribution in [0.5, 0.6) is 0 Å². The molecule has 0 saturated heterocycles. The minimum absolute atomic E-state index is 0.278. The molecule has 5 heteroatoms. The summed E-state index contributed by atoms with van der Waals surface area (Å²) < 4.78 is 14.1. The molecule has 0 bridgehead atoms. The summed E-state index contributed by atoms with van der Waals surface area (Å²) in [4.78, 5) is 0.866. The van der Waals surface area contributed by atoms with Gasteiger partial charge in [0.2, 0.25) is 0 Å². The van der Waals surface area contributed by atoms with Gasteiger partial charge in [0.15, 0.2) is 0 Å². The standard InChI is InChI=1S/C12H11BrFNOS/c13-8-3-1-4-9(14)12(8)15-7-10(16)11-5-2-6-17-11/h1-6,10,15-16H,7H2. The van der Waals surface area contributed by atoms with Crippen molar-refractivity contribution >= 4 is 33.0 Å². The van der Waals surface area contributed by atoms with Crippen molar-refractivity contribution in [3.8, 4) is 0 Å². The van der Waals surface area contributed by atoms with Crippen molar-refractivity contribution in [1.82, 2.24) is 0 Å². The highest BCUT2D eigenvalue weighted by atomic mass is 79.9. The lowest BCUT2D eigenvalue weighted by molar-refractivity contribution is 0.195. The molecule has 1 heterocycles. The van der Waals surface area contributed by atoms with Gasteiger partial charge in [-0.25, -0.2) is 4.39 Å². The molecule has 1 aromatic carbocycles. The Bertz CT molecular complexity index is 469. The normalized spacial score (nSPS) is 12.4. The quantitative estimate of drug-likeness (QED) is 0.899. The van der Waals surface area contributed by atoms with E-state index >= 15 is 0 Å². The van der Waals surface area contributed by atoms with Crippen molar-refractivity contribution in [3.05, 3.63) is 50.9 Å². The van der Waals surface area contributed by atoms with Crippen molar-refractivity contribution in [2.24, 2.45) is 0 Å². The van der Waals surface area contributed by atoms with Crippen LogP contribution in [0, 0.1) is 5.82 Å². The van der Waals surface area contributed by atoms with E-state index in [1.54, 1.807) is 12.1 Å². The van der Waals surface area contributed by atoms with Crippen LogP contribution in [0.2, 0.25) is 0 Å². The molecule has 0 radical (unpaired) electrons. The lowest BCUT2D eigenvalue weighted by Crippen LogP contribution is -2.12. The number of hydrogen-bond donors (Lipinski definition) is 2. The Balaban J connectivity index is 2.03. The number of nitrogens with one attached hydrogen (secondary N) is 1. The van der Waals surface area contributed by atoms with Crippen LogP contribution in [0.15, 0.2) is 40.2 Å². The monoisotopic (exact) mass is 315 g/mol. The second kappa shape index (κ2) is 5.62. The minimum Gasteiger partial charge on any atom is -0.386 e. The first-order valence-electron chi connectivity index (χ1n) is 5.08. The van der Waals surface area contributed by atoms with E-state index in [-0.39, 0.29) is 12.4 Å². The molecule has 90 valence electrons. The molecule has 0 saturated carbocycles. The van der Waals surface area contributed by atoms with Crippen molar-refractivity contribution in [2.45, 2.75) is 6.10 Å². The highest BCUT2D eigenvalue weighted by molar-refractivity contribution is 9.10. The zero-order chi connectivity index (χ0) is 12.3. The molecule has 1 unspecified atom stereocenters. The molecule has 1 aromatic heterocycles. The maximum atomic E-state index is 13.5. The number of para-hydroxylation sites is 1. The molecule has 2 nitrogen and oxygen atoms in total. The van der Waals surface area contributed by atoms with Gasteiger partial charge in [0.1, 0.15) is 11.9 Å². The Labute approximate surface area is 111 Å². The van der Waals surface area contributed by atoms with E-state index < -0.39 is 6.10 Å². The van der Waals surface area contributed by atoms with Gasteiger partial charge >= 0.3 is 0 Å². The number of aliphatic hydroxyl groups excluding tert-OH is 1. The molecule has 0 amide bonds. The summed E-state index contributed by atoms with van der Waals surface area (Å²) in [5.41, 5.74) is 0.378. The largest absolute Gasteiger partial charge is 0.386 e. The maximum absolute atomic E-state index is 13.5. The van der Waals surface area contributed by atoms with E-state index in [0.717, 1.165) is 4.88 Å². The topological polar surface area (TPSA) is 32.3 Å². The summed E-state index contributed by atoms with van der Waals surface area (Å²) in [5.74, 6) is -0.335. The summed E-state index contributed by atoms with van der Waals surface area (Å²) in [7, 11) is 0. The predicted molar refractivity (Wildman–Crippen MR) is 71.9 cm³/mol. The summed E-state index contributed by atoms with van der Waals surface area (Å²) in [6.07, 6.45) is -0.624. The third-order valence-electron chi connectivity index (χ3n) is 2.31. The SMILES string of the molecule is OC(CNc1c(F)cccc1Br)c1cccs1. The summed E-state index contributed by atoms with van der Waals surface area (Å²) in [5, 5.41) is 14.7. The summed E-state index contributed by atoms with van der Waals surface area (Å²) >= 11 is 4.74. The molecule has 2 N–H and O–H groups in total. The van der Waals surface area contributed by atoms with Gasteiger partial charge in [0.05, 0.1) is 5.69 Å². The minimum atomic E-state index is -0.624. The second-order valence-corrected chi connectivity index (χ2v) is 5.34. The smallest absolute Gasteiger partial charge is 0.147 e. The Morgan fingerprint density at radius 1 is 1.35 bits per heavy atom. The third-order valence-corrected chi connectivity index (χ3v) is 3.94. The van der Waals surface area contributed by atoms with Gasteiger partial charge in [-0.2, -0.15) is 0 Å². The Morgan fingerprint density at radius 2 is 2.18 bits per heavy atom. The molecule has 2 aromatic rings. The highest BCUT2D eigenvalue weighted by Gasteiger charge is 2.11. The maximum Gasteiger partial charge on any atom is 0.147 e. The van der Waals surface area contributed by atoms with Gasteiger partial charge in [-0.3, -0.25) is 0 Å². The van der Waals surface area contributed by atoms with E-state index in [9.17, 15) is 9.50 Å². The Kier molecular flexibility index (Phi) is 4.15. The molecule has 0 aliphatic carbocycles. The zero-order valence-electron chi connectivity index (χ0n) is 8.86. The van der Waals surface area contributed by atoms with E-state index in [0.29, 0.717) is 10.2 Å². The average molecular weight is 316 g/mol. The predicted octanol–water partition coefficient (Wildman–Crippen LogP) is 3.80. The fourth-order valence-corrected chi connectivity index (χ4v) is 2.64. The van der Waals surface area contributed by atoms with Crippen molar-refractivity contribution in [1.29, 1.82) is 0 Å². The number of halogens is 2. The molecular weight excluding hydrogens is 305 g/mol. The van der Waals surface area contributed by atoms with Crippen LogP contribution >= 0.6 is 27.3 Å². The number of aliphatic hydroxyl groups is 1. The van der Waals surface area contributed by atoms with Gasteiger partial charge in [-0.1, -0.05) is 12.1 Å². The van der Waals surface area contributed by atoms with E-state index in [1.807, 2.05) is 17.5 Å². The molecule has 2 rings (SSSR count). The molecule has 0 aliphatic rings. The van der Waals surface area contributed by atoms with Crippen LogP contribution < -0.4 is 5.32 Å². The van der Waals surface area contributed by atoms with Crippen LogP contribution in [0.25, 0.3) is 0 Å². The number of rotatable bonds is 4. The van der Waals surface area contributed by atoms with Crippen LogP contribution in [-0.2, 0) is 0 Å². The van der Waals surface area contributed by atoms with Crippen LogP contribution in [0.3, 0.4) is 0 Å². The van der Waals surface area contributed by atoms with Crippen LogP contribution in [-0.4, -0.2) is 11.7 Å². The molecule has 0 spiro atoms. The van der Waals surface area contributed by atoms with Gasteiger partial charge in [0.25, 0.3) is 0 Å². The van der Waals surface area contributed by atoms with Crippen molar-refractivity contribution < 1.29 is 9.50 Å². The molecule has 17 heavy (non-hydrogen) atoms. The lowest BCUT2D eigenvalue weighted by atomic mass is 10.2. The van der Waals surface area contributed by atoms with Crippen molar-refractivity contribution in [3.63, 3.8) is 0 Å². The summed E-state index contributed by atoms with van der Waals surface area (Å²) in [6.45, 7) is 0.278. The highest BCUT2D eigenvalue weighted by Crippen LogP contribution is 2.26. The lowest BCUT2D eigenvalue weighted by Gasteiger charge is -2.13. The number of anilines is 1. The zero-order valence-corrected chi connectivity index (χ0v) is 11.3.